The van der Waals surface area contributed by atoms with E-state index in [-0.39, 0.29) is 6.10 Å². The van der Waals surface area contributed by atoms with Crippen LogP contribution in [0.2, 0.25) is 0 Å². The lowest BCUT2D eigenvalue weighted by Crippen LogP contribution is -2.03. The number of carboxylic acid groups (broad SMARTS) is 1. The average Bonchev–Trinajstić information content (AvgIpc) is 2.35. The summed E-state index contributed by atoms with van der Waals surface area (Å²) in [6.45, 7) is 3.54. The molecule has 0 saturated heterocycles. The van der Waals surface area contributed by atoms with Crippen LogP contribution in [-0.2, 0) is 11.2 Å². The van der Waals surface area contributed by atoms with Gasteiger partial charge >= 0.3 is 5.97 Å². The Labute approximate surface area is 124 Å². The summed E-state index contributed by atoms with van der Waals surface area (Å²) in [5.41, 5.74) is 2.84. The van der Waals surface area contributed by atoms with Crippen LogP contribution in [0.15, 0.2) is 42.0 Å². The SMILES string of the molecule is CS/C(=C\C(C)=C\C(=O)O)c1ccc(CC(C)O)cc1. The Balaban J connectivity index is 2.96. The molecule has 0 aliphatic carbocycles. The summed E-state index contributed by atoms with van der Waals surface area (Å²) in [6.07, 6.45) is 5.30. The van der Waals surface area contributed by atoms with Gasteiger partial charge in [-0.15, -0.1) is 11.8 Å². The molecule has 1 atom stereocenters. The van der Waals surface area contributed by atoms with E-state index in [4.69, 9.17) is 5.11 Å². The lowest BCUT2D eigenvalue weighted by molar-refractivity contribution is -0.131. The summed E-state index contributed by atoms with van der Waals surface area (Å²) in [6, 6.07) is 7.97. The Hall–Kier alpha value is -1.52. The van der Waals surface area contributed by atoms with Gasteiger partial charge in [0.1, 0.15) is 0 Å². The molecule has 0 aromatic heterocycles. The number of benzene rings is 1. The minimum Gasteiger partial charge on any atom is -0.478 e. The third-order valence-corrected chi connectivity index (χ3v) is 3.49. The van der Waals surface area contributed by atoms with E-state index in [1.54, 1.807) is 25.6 Å². The van der Waals surface area contributed by atoms with E-state index in [1.165, 1.54) is 6.08 Å². The Morgan fingerprint density at radius 1 is 1.30 bits per heavy atom. The van der Waals surface area contributed by atoms with Crippen molar-refractivity contribution in [2.45, 2.75) is 26.4 Å². The van der Waals surface area contributed by atoms with Crippen molar-refractivity contribution >= 4 is 22.6 Å². The van der Waals surface area contributed by atoms with Crippen LogP contribution in [-0.4, -0.2) is 28.5 Å². The summed E-state index contributed by atoms with van der Waals surface area (Å²) >= 11 is 1.58. The van der Waals surface area contributed by atoms with Crippen molar-refractivity contribution in [3.05, 3.63) is 53.1 Å². The molecule has 0 amide bonds. The molecule has 2 N–H and O–H groups in total. The number of aliphatic hydroxyl groups is 1. The fourth-order valence-corrected chi connectivity index (χ4v) is 2.53. The topological polar surface area (TPSA) is 57.5 Å². The van der Waals surface area contributed by atoms with Gasteiger partial charge in [0.15, 0.2) is 0 Å². The summed E-state index contributed by atoms with van der Waals surface area (Å²) < 4.78 is 0. The van der Waals surface area contributed by atoms with Crippen molar-refractivity contribution in [1.29, 1.82) is 0 Å². The highest BCUT2D eigenvalue weighted by molar-refractivity contribution is 8.07. The maximum Gasteiger partial charge on any atom is 0.328 e. The van der Waals surface area contributed by atoms with Crippen molar-refractivity contribution < 1.29 is 15.0 Å². The molecule has 1 aromatic rings. The number of hydrogen-bond acceptors (Lipinski definition) is 3. The molecule has 1 unspecified atom stereocenters. The largest absolute Gasteiger partial charge is 0.478 e. The zero-order chi connectivity index (χ0) is 15.1. The molecule has 0 saturated carbocycles. The maximum absolute atomic E-state index is 10.6. The van der Waals surface area contributed by atoms with Gasteiger partial charge in [-0.05, 0) is 49.3 Å². The Kier molecular flexibility index (Phi) is 6.55. The molecule has 3 nitrogen and oxygen atoms in total. The molecular formula is C16H20O3S. The lowest BCUT2D eigenvalue weighted by Gasteiger charge is -2.08. The van der Waals surface area contributed by atoms with E-state index in [0.717, 1.165) is 16.0 Å². The lowest BCUT2D eigenvalue weighted by atomic mass is 10.1. The summed E-state index contributed by atoms with van der Waals surface area (Å²) in [5, 5.41) is 18.1. The van der Waals surface area contributed by atoms with E-state index in [1.807, 2.05) is 36.6 Å². The van der Waals surface area contributed by atoms with Crippen LogP contribution in [0.5, 0.6) is 0 Å². The maximum atomic E-state index is 10.6. The number of allylic oxidation sites excluding steroid dienone is 2. The van der Waals surface area contributed by atoms with Gasteiger partial charge in [-0.25, -0.2) is 4.79 Å². The average molecular weight is 292 g/mol. The molecule has 0 aliphatic rings. The van der Waals surface area contributed by atoms with Crippen molar-refractivity contribution in [1.82, 2.24) is 0 Å². The first-order valence-electron chi connectivity index (χ1n) is 6.36. The highest BCUT2D eigenvalue weighted by Gasteiger charge is 2.03. The van der Waals surface area contributed by atoms with E-state index < -0.39 is 5.97 Å². The van der Waals surface area contributed by atoms with Crippen LogP contribution in [0.4, 0.5) is 0 Å². The van der Waals surface area contributed by atoms with Gasteiger partial charge < -0.3 is 10.2 Å². The second-order valence-electron chi connectivity index (χ2n) is 4.69. The number of hydrogen-bond donors (Lipinski definition) is 2. The van der Waals surface area contributed by atoms with Crippen LogP contribution in [0.25, 0.3) is 4.91 Å². The Morgan fingerprint density at radius 3 is 2.35 bits per heavy atom. The van der Waals surface area contributed by atoms with Gasteiger partial charge in [-0.2, -0.15) is 0 Å². The van der Waals surface area contributed by atoms with Crippen molar-refractivity contribution in [2.24, 2.45) is 0 Å². The zero-order valence-electron chi connectivity index (χ0n) is 12.0. The summed E-state index contributed by atoms with van der Waals surface area (Å²) in [4.78, 5) is 11.6. The van der Waals surface area contributed by atoms with Gasteiger partial charge in [-0.3, -0.25) is 0 Å². The van der Waals surface area contributed by atoms with Gasteiger partial charge in [0.05, 0.1) is 6.10 Å². The third kappa shape index (κ3) is 5.63. The molecule has 0 spiro atoms. The van der Waals surface area contributed by atoms with Crippen LogP contribution in [0.1, 0.15) is 25.0 Å². The monoisotopic (exact) mass is 292 g/mol. The van der Waals surface area contributed by atoms with Crippen molar-refractivity contribution in [3.8, 4) is 0 Å². The fourth-order valence-electron chi connectivity index (χ4n) is 1.85. The third-order valence-electron chi connectivity index (χ3n) is 2.70. The number of carbonyl (C=O) groups is 1. The number of rotatable bonds is 6. The Bertz CT molecular complexity index is 513. The second kappa shape index (κ2) is 7.92. The first-order valence-corrected chi connectivity index (χ1v) is 7.59. The normalized spacial score (nSPS) is 14.2. The summed E-state index contributed by atoms with van der Waals surface area (Å²) in [5.74, 6) is -0.938. The zero-order valence-corrected chi connectivity index (χ0v) is 12.8. The second-order valence-corrected chi connectivity index (χ2v) is 5.54. The van der Waals surface area contributed by atoms with Gasteiger partial charge in [0.2, 0.25) is 0 Å². The molecule has 1 aromatic carbocycles. The van der Waals surface area contributed by atoms with E-state index in [2.05, 4.69) is 0 Å². The molecule has 4 heteroatoms. The first-order chi connectivity index (χ1) is 9.42. The molecule has 0 heterocycles. The van der Waals surface area contributed by atoms with Crippen LogP contribution < -0.4 is 0 Å². The Morgan fingerprint density at radius 2 is 1.90 bits per heavy atom. The number of thioether (sulfide) groups is 1. The number of aliphatic hydroxyl groups excluding tert-OH is 1. The molecule has 1 rings (SSSR count). The minimum atomic E-state index is -0.938. The molecule has 0 fully saturated rings. The van der Waals surface area contributed by atoms with Crippen molar-refractivity contribution in [3.63, 3.8) is 0 Å². The number of carboxylic acids is 1. The molecule has 0 bridgehead atoms. The van der Waals surface area contributed by atoms with E-state index in [9.17, 15) is 9.90 Å². The first kappa shape index (κ1) is 16.5. The predicted molar refractivity (Wildman–Crippen MR) is 84.7 cm³/mol. The molecule has 108 valence electrons. The minimum absolute atomic E-state index is 0.350. The smallest absolute Gasteiger partial charge is 0.328 e. The van der Waals surface area contributed by atoms with Crippen molar-refractivity contribution in [2.75, 3.05) is 6.26 Å². The van der Waals surface area contributed by atoms with Crippen LogP contribution in [0.3, 0.4) is 0 Å². The van der Waals surface area contributed by atoms with Crippen LogP contribution >= 0.6 is 11.8 Å². The molecule has 0 aliphatic heterocycles. The quantitative estimate of drug-likeness (QED) is 0.623. The predicted octanol–water partition coefficient (Wildman–Crippen LogP) is 3.34. The number of aliphatic carboxylic acids is 1. The highest BCUT2D eigenvalue weighted by Crippen LogP contribution is 2.27. The standard InChI is InChI=1S/C16H20O3S/c1-11(9-16(18)19)8-15(20-3)14-6-4-13(5-7-14)10-12(2)17/h4-9,12,17H,10H2,1-3H3,(H,18,19)/b11-9+,15-8-. The molecular weight excluding hydrogens is 272 g/mol. The van der Waals surface area contributed by atoms with Gasteiger partial charge in [-0.1, -0.05) is 24.3 Å². The summed E-state index contributed by atoms with van der Waals surface area (Å²) in [7, 11) is 0. The highest BCUT2D eigenvalue weighted by atomic mass is 32.2. The van der Waals surface area contributed by atoms with E-state index in [0.29, 0.717) is 12.0 Å². The van der Waals surface area contributed by atoms with Crippen LogP contribution in [0, 0.1) is 0 Å². The van der Waals surface area contributed by atoms with Gasteiger partial charge in [0, 0.05) is 11.0 Å². The fraction of sp³-hybridized carbons (Fsp3) is 0.312. The molecule has 0 radical (unpaired) electrons. The van der Waals surface area contributed by atoms with Gasteiger partial charge in [0.25, 0.3) is 0 Å². The molecule has 20 heavy (non-hydrogen) atoms. The van der Waals surface area contributed by atoms with E-state index >= 15 is 0 Å².